The van der Waals surface area contributed by atoms with Crippen LogP contribution in [-0.4, -0.2) is 39.6 Å². The van der Waals surface area contributed by atoms with Gasteiger partial charge in [-0.1, -0.05) is 65.8 Å². The lowest BCUT2D eigenvalue weighted by molar-refractivity contribution is -0.140. The Hall–Kier alpha value is -2.64. The molecule has 0 unspecified atom stereocenters. The van der Waals surface area contributed by atoms with Crippen molar-refractivity contribution in [2.45, 2.75) is 31.1 Å². The predicted molar refractivity (Wildman–Crippen MR) is 119 cm³/mol. The average Bonchev–Trinajstić information content (AvgIpc) is 3.32. The molecular weight excluding hydrogens is 422 g/mol. The van der Waals surface area contributed by atoms with Crippen molar-refractivity contribution in [1.29, 1.82) is 0 Å². The number of aliphatic imine (C=N–C) groups is 1. The van der Waals surface area contributed by atoms with E-state index in [1.54, 1.807) is 0 Å². The molecule has 4 rings (SSSR count). The number of amidine groups is 1. The number of hydrazone groups is 1. The number of rotatable bonds is 5. The largest absolute Gasteiger partial charge is 0.466 e. The quantitative estimate of drug-likeness (QED) is 0.605. The lowest BCUT2D eigenvalue weighted by Gasteiger charge is -2.26. The molecule has 1 amide bonds. The zero-order valence-corrected chi connectivity index (χ0v) is 17.9. The van der Waals surface area contributed by atoms with Crippen LogP contribution in [-0.2, 0) is 9.53 Å². The summed E-state index contributed by atoms with van der Waals surface area (Å²) in [7, 11) is 0. The second-order valence-corrected chi connectivity index (χ2v) is 8.59. The van der Waals surface area contributed by atoms with E-state index in [0.29, 0.717) is 23.7 Å². The molecule has 0 bridgehead atoms. The van der Waals surface area contributed by atoms with Gasteiger partial charge in [-0.2, -0.15) is 10.1 Å². The van der Waals surface area contributed by atoms with E-state index in [-0.39, 0.29) is 29.1 Å². The van der Waals surface area contributed by atoms with E-state index in [1.165, 1.54) is 6.92 Å². The van der Waals surface area contributed by atoms with Gasteiger partial charge in [0.1, 0.15) is 5.84 Å². The zero-order chi connectivity index (χ0) is 21.1. The fourth-order valence-corrected chi connectivity index (χ4v) is 4.53. The molecule has 0 saturated heterocycles. The Morgan fingerprint density at radius 3 is 2.63 bits per heavy atom. The number of carbonyl (C=O) groups excluding carboxylic acids is 2. The molecule has 30 heavy (non-hydrogen) atoms. The molecule has 2 heterocycles. The number of halogens is 1. The molecule has 2 aliphatic rings. The smallest absolute Gasteiger partial charge is 0.307 e. The standard InChI is InChI=1S/C22H20ClN3O3S/c1-14(27)29-12-11-20-21(24-22(28)30-20)26-19(16-7-9-17(23)10-8-16)13-18(25-26)15-5-3-2-4-6-15/h2-10,19-20H,11-13H2,1H3/t19-,20-/m1/s1. The number of carbonyl (C=O) groups is 2. The molecule has 0 aliphatic carbocycles. The first-order chi connectivity index (χ1) is 14.5. The van der Waals surface area contributed by atoms with Crippen molar-refractivity contribution in [3.8, 4) is 0 Å². The van der Waals surface area contributed by atoms with Gasteiger partial charge in [-0.3, -0.25) is 9.59 Å². The Morgan fingerprint density at radius 2 is 1.93 bits per heavy atom. The molecule has 2 aromatic rings. The highest BCUT2D eigenvalue weighted by Gasteiger charge is 2.39. The van der Waals surface area contributed by atoms with E-state index in [9.17, 15) is 9.59 Å². The second-order valence-electron chi connectivity index (χ2n) is 7.00. The van der Waals surface area contributed by atoms with Crippen molar-refractivity contribution in [2.75, 3.05) is 6.61 Å². The van der Waals surface area contributed by atoms with Gasteiger partial charge in [0.25, 0.3) is 0 Å². The van der Waals surface area contributed by atoms with Crippen LogP contribution in [0.5, 0.6) is 0 Å². The number of benzene rings is 2. The summed E-state index contributed by atoms with van der Waals surface area (Å²) >= 11 is 7.22. The van der Waals surface area contributed by atoms with Gasteiger partial charge in [0.15, 0.2) is 0 Å². The van der Waals surface area contributed by atoms with Gasteiger partial charge in [-0.25, -0.2) is 5.01 Å². The van der Waals surface area contributed by atoms with Gasteiger partial charge in [0, 0.05) is 24.8 Å². The molecule has 2 atom stereocenters. The monoisotopic (exact) mass is 441 g/mol. The van der Waals surface area contributed by atoms with Crippen molar-refractivity contribution in [1.82, 2.24) is 5.01 Å². The normalized spacial score (nSPS) is 20.9. The Kier molecular flexibility index (Phi) is 6.20. The molecule has 0 saturated carbocycles. The molecular formula is C22H20ClN3O3S. The van der Waals surface area contributed by atoms with Crippen molar-refractivity contribution in [3.63, 3.8) is 0 Å². The number of esters is 1. The number of ether oxygens (including phenoxy) is 1. The Morgan fingerprint density at radius 1 is 1.20 bits per heavy atom. The molecule has 0 aromatic heterocycles. The van der Waals surface area contributed by atoms with Gasteiger partial charge in [0.05, 0.1) is 23.6 Å². The third kappa shape index (κ3) is 4.57. The Labute approximate surface area is 184 Å². The maximum atomic E-state index is 12.1. The lowest BCUT2D eigenvalue weighted by atomic mass is 9.98. The van der Waals surface area contributed by atoms with Crippen LogP contribution < -0.4 is 0 Å². The van der Waals surface area contributed by atoms with Gasteiger partial charge in [0.2, 0.25) is 0 Å². The maximum absolute atomic E-state index is 12.1. The number of amides is 1. The van der Waals surface area contributed by atoms with Gasteiger partial charge in [-0.05, 0) is 23.3 Å². The average molecular weight is 442 g/mol. The molecule has 0 radical (unpaired) electrons. The number of hydrogen-bond acceptors (Lipinski definition) is 6. The van der Waals surface area contributed by atoms with Crippen molar-refractivity contribution in [2.24, 2.45) is 10.1 Å². The van der Waals surface area contributed by atoms with Crippen LogP contribution in [0.1, 0.15) is 36.9 Å². The summed E-state index contributed by atoms with van der Waals surface area (Å²) in [6.07, 6.45) is 1.18. The van der Waals surface area contributed by atoms with E-state index in [2.05, 4.69) is 4.99 Å². The summed E-state index contributed by atoms with van der Waals surface area (Å²) in [4.78, 5) is 27.5. The van der Waals surface area contributed by atoms with Crippen LogP contribution in [0, 0.1) is 0 Å². The first-order valence-electron chi connectivity index (χ1n) is 9.61. The van der Waals surface area contributed by atoms with E-state index in [1.807, 2.05) is 59.6 Å². The van der Waals surface area contributed by atoms with Crippen molar-refractivity contribution < 1.29 is 14.3 Å². The number of nitrogens with zero attached hydrogens (tertiary/aromatic N) is 3. The summed E-state index contributed by atoms with van der Waals surface area (Å²) in [6.45, 7) is 1.60. The summed E-state index contributed by atoms with van der Waals surface area (Å²) in [5.41, 5.74) is 3.01. The molecule has 0 spiro atoms. The molecule has 6 nitrogen and oxygen atoms in total. The third-order valence-electron chi connectivity index (χ3n) is 4.93. The zero-order valence-electron chi connectivity index (χ0n) is 16.3. The molecule has 2 aromatic carbocycles. The Bertz CT molecular complexity index is 1010. The van der Waals surface area contributed by atoms with Gasteiger partial charge in [-0.15, -0.1) is 0 Å². The summed E-state index contributed by atoms with van der Waals surface area (Å²) < 4.78 is 5.08. The van der Waals surface area contributed by atoms with Crippen LogP contribution in [0.4, 0.5) is 4.79 Å². The molecule has 0 N–H and O–H groups in total. The van der Waals surface area contributed by atoms with Crippen LogP contribution in [0.3, 0.4) is 0 Å². The Balaban J connectivity index is 1.65. The minimum atomic E-state index is -0.340. The van der Waals surface area contributed by atoms with E-state index in [4.69, 9.17) is 21.4 Å². The van der Waals surface area contributed by atoms with E-state index < -0.39 is 0 Å². The van der Waals surface area contributed by atoms with E-state index in [0.717, 1.165) is 28.6 Å². The molecule has 2 aliphatic heterocycles. The number of hydrogen-bond donors (Lipinski definition) is 0. The highest BCUT2D eigenvalue weighted by molar-refractivity contribution is 8.15. The highest BCUT2D eigenvalue weighted by Crippen LogP contribution is 2.38. The fraction of sp³-hybridized carbons (Fsp3) is 0.273. The molecule has 0 fully saturated rings. The van der Waals surface area contributed by atoms with Crippen molar-refractivity contribution >= 4 is 46.1 Å². The molecule has 154 valence electrons. The second kappa shape index (κ2) is 9.02. The molecule has 8 heteroatoms. The summed E-state index contributed by atoms with van der Waals surface area (Å²) in [6, 6.07) is 17.5. The SMILES string of the molecule is CC(=O)OCC[C@H]1SC(=O)N=C1N1N=C(c2ccccc2)C[C@@H]1c1ccc(Cl)cc1. The van der Waals surface area contributed by atoms with E-state index >= 15 is 0 Å². The van der Waals surface area contributed by atoms with Crippen LogP contribution in [0.15, 0.2) is 64.7 Å². The maximum Gasteiger partial charge on any atom is 0.307 e. The summed E-state index contributed by atoms with van der Waals surface area (Å²) in [5, 5.41) is 6.90. The van der Waals surface area contributed by atoms with Crippen LogP contribution in [0.25, 0.3) is 0 Å². The van der Waals surface area contributed by atoms with Crippen LogP contribution >= 0.6 is 23.4 Å². The minimum Gasteiger partial charge on any atom is -0.466 e. The first-order valence-corrected chi connectivity index (χ1v) is 10.9. The predicted octanol–water partition coefficient (Wildman–Crippen LogP) is 5.08. The van der Waals surface area contributed by atoms with Gasteiger partial charge < -0.3 is 4.74 Å². The third-order valence-corrected chi connectivity index (χ3v) is 6.21. The number of thioether (sulfide) groups is 1. The minimum absolute atomic E-state index is 0.0982. The lowest BCUT2D eigenvalue weighted by Crippen LogP contribution is -2.33. The summed E-state index contributed by atoms with van der Waals surface area (Å²) in [5.74, 6) is 0.260. The van der Waals surface area contributed by atoms with Crippen molar-refractivity contribution in [3.05, 3.63) is 70.7 Å². The highest BCUT2D eigenvalue weighted by atomic mass is 35.5. The fourth-order valence-electron chi connectivity index (χ4n) is 3.53. The first kappa shape index (κ1) is 20.6. The van der Waals surface area contributed by atoms with Crippen LogP contribution in [0.2, 0.25) is 5.02 Å². The van der Waals surface area contributed by atoms with Gasteiger partial charge >= 0.3 is 11.2 Å². The topological polar surface area (TPSA) is 71.3 Å².